The summed E-state index contributed by atoms with van der Waals surface area (Å²) >= 11 is 7.45. The molecule has 1 aromatic carbocycles. The van der Waals surface area contributed by atoms with Gasteiger partial charge < -0.3 is 10.6 Å². The monoisotopic (exact) mass is 356 g/mol. The fourth-order valence-corrected chi connectivity index (χ4v) is 3.69. The Morgan fingerprint density at radius 1 is 1.36 bits per heavy atom. The molecule has 3 rings (SSSR count). The Morgan fingerprint density at radius 3 is 2.91 bits per heavy atom. The molecular formula is C16H18Cl2N2OS. The molecule has 1 atom stereocenters. The molecular weight excluding hydrogens is 339 g/mol. The Balaban J connectivity index is 0.00000176. The van der Waals surface area contributed by atoms with Crippen molar-refractivity contribution >= 4 is 46.9 Å². The molecule has 2 aromatic rings. The van der Waals surface area contributed by atoms with Crippen LogP contribution in [0.25, 0.3) is 0 Å². The zero-order valence-electron chi connectivity index (χ0n) is 12.2. The Morgan fingerprint density at radius 2 is 2.18 bits per heavy atom. The third-order valence-corrected chi connectivity index (χ3v) is 5.12. The minimum absolute atomic E-state index is 0. The number of anilines is 1. The fourth-order valence-electron chi connectivity index (χ4n) is 2.63. The second-order valence-corrected chi connectivity index (χ2v) is 6.95. The van der Waals surface area contributed by atoms with E-state index in [1.807, 2.05) is 37.3 Å². The SMILES string of the molecule is CC(NC(=O)c1cccc2c1CCCN2)c1ccc(Cl)s1.Cl. The van der Waals surface area contributed by atoms with Crippen LogP contribution < -0.4 is 10.6 Å². The Bertz CT molecular complexity index is 672. The molecule has 0 bridgehead atoms. The topological polar surface area (TPSA) is 41.1 Å². The van der Waals surface area contributed by atoms with Crippen molar-refractivity contribution in [1.29, 1.82) is 0 Å². The highest BCUT2D eigenvalue weighted by atomic mass is 35.5. The van der Waals surface area contributed by atoms with Crippen LogP contribution >= 0.6 is 35.3 Å². The van der Waals surface area contributed by atoms with Crippen molar-refractivity contribution in [3.05, 3.63) is 50.7 Å². The number of halogens is 2. The third-order valence-electron chi connectivity index (χ3n) is 3.71. The molecule has 0 saturated carbocycles. The number of thiophene rings is 1. The highest BCUT2D eigenvalue weighted by Gasteiger charge is 2.19. The summed E-state index contributed by atoms with van der Waals surface area (Å²) in [5.74, 6) is -0.0208. The van der Waals surface area contributed by atoms with Gasteiger partial charge in [-0.05, 0) is 49.6 Å². The molecule has 1 aliphatic rings. The van der Waals surface area contributed by atoms with Gasteiger partial charge in [-0.25, -0.2) is 0 Å². The molecule has 1 unspecified atom stereocenters. The van der Waals surface area contributed by atoms with Gasteiger partial charge in [0, 0.05) is 22.7 Å². The predicted molar refractivity (Wildman–Crippen MR) is 95.7 cm³/mol. The number of rotatable bonds is 3. The van der Waals surface area contributed by atoms with E-state index in [9.17, 15) is 4.79 Å². The van der Waals surface area contributed by atoms with E-state index in [-0.39, 0.29) is 24.4 Å². The number of carbonyl (C=O) groups is 1. The molecule has 22 heavy (non-hydrogen) atoms. The van der Waals surface area contributed by atoms with Gasteiger partial charge in [0.2, 0.25) is 0 Å². The molecule has 1 aromatic heterocycles. The van der Waals surface area contributed by atoms with Crippen LogP contribution in [0.15, 0.2) is 30.3 Å². The van der Waals surface area contributed by atoms with E-state index in [4.69, 9.17) is 11.6 Å². The summed E-state index contributed by atoms with van der Waals surface area (Å²) in [5.41, 5.74) is 2.98. The number of hydrogen-bond acceptors (Lipinski definition) is 3. The lowest BCUT2D eigenvalue weighted by atomic mass is 9.97. The third kappa shape index (κ3) is 3.57. The minimum atomic E-state index is -0.0394. The molecule has 1 amide bonds. The van der Waals surface area contributed by atoms with E-state index >= 15 is 0 Å². The second-order valence-electron chi connectivity index (χ2n) is 5.20. The second kappa shape index (κ2) is 7.36. The van der Waals surface area contributed by atoms with Crippen molar-refractivity contribution in [3.8, 4) is 0 Å². The summed E-state index contributed by atoms with van der Waals surface area (Å²) in [6.45, 7) is 2.95. The van der Waals surface area contributed by atoms with Gasteiger partial charge in [0.15, 0.2) is 0 Å². The van der Waals surface area contributed by atoms with Crippen LogP contribution in [0.3, 0.4) is 0 Å². The van der Waals surface area contributed by atoms with Gasteiger partial charge in [-0.2, -0.15) is 0 Å². The molecule has 0 saturated heterocycles. The zero-order chi connectivity index (χ0) is 14.8. The Hall–Kier alpha value is -1.23. The number of carbonyl (C=O) groups excluding carboxylic acids is 1. The largest absolute Gasteiger partial charge is 0.385 e. The summed E-state index contributed by atoms with van der Waals surface area (Å²) in [5, 5.41) is 6.41. The first kappa shape index (κ1) is 17.1. The lowest BCUT2D eigenvalue weighted by molar-refractivity contribution is 0.0939. The number of amides is 1. The maximum atomic E-state index is 12.5. The fraction of sp³-hybridized carbons (Fsp3) is 0.312. The molecule has 118 valence electrons. The standard InChI is InChI=1S/C16H17ClN2OS.ClH/c1-10(14-7-8-15(17)21-14)19-16(20)12-4-2-6-13-11(12)5-3-9-18-13;/h2,4,6-8,10,18H,3,5,9H2,1H3,(H,19,20);1H. The zero-order valence-corrected chi connectivity index (χ0v) is 14.6. The summed E-state index contributed by atoms with van der Waals surface area (Å²) in [6.07, 6.45) is 2.01. The van der Waals surface area contributed by atoms with Crippen LogP contribution in [-0.4, -0.2) is 12.5 Å². The Kier molecular flexibility index (Phi) is 5.73. The van der Waals surface area contributed by atoms with Crippen molar-refractivity contribution in [2.75, 3.05) is 11.9 Å². The lowest BCUT2D eigenvalue weighted by Crippen LogP contribution is -2.28. The van der Waals surface area contributed by atoms with Gasteiger partial charge in [0.25, 0.3) is 5.91 Å². The molecule has 0 fully saturated rings. The Labute approximate surface area is 145 Å². The van der Waals surface area contributed by atoms with Gasteiger partial charge in [0.1, 0.15) is 0 Å². The first-order chi connectivity index (χ1) is 10.1. The van der Waals surface area contributed by atoms with Gasteiger partial charge in [-0.3, -0.25) is 4.79 Å². The van der Waals surface area contributed by atoms with E-state index < -0.39 is 0 Å². The van der Waals surface area contributed by atoms with Gasteiger partial charge in [-0.15, -0.1) is 23.7 Å². The first-order valence-electron chi connectivity index (χ1n) is 7.07. The molecule has 1 aliphatic heterocycles. The smallest absolute Gasteiger partial charge is 0.252 e. The van der Waals surface area contributed by atoms with Crippen molar-refractivity contribution < 1.29 is 4.79 Å². The number of benzene rings is 1. The van der Waals surface area contributed by atoms with Crippen molar-refractivity contribution in [3.63, 3.8) is 0 Å². The van der Waals surface area contributed by atoms with E-state index in [0.29, 0.717) is 0 Å². The van der Waals surface area contributed by atoms with E-state index in [1.165, 1.54) is 11.3 Å². The van der Waals surface area contributed by atoms with Crippen molar-refractivity contribution in [1.82, 2.24) is 5.32 Å². The van der Waals surface area contributed by atoms with Crippen LogP contribution in [0.1, 0.15) is 40.2 Å². The maximum Gasteiger partial charge on any atom is 0.252 e. The van der Waals surface area contributed by atoms with Gasteiger partial charge in [0.05, 0.1) is 10.4 Å². The summed E-state index contributed by atoms with van der Waals surface area (Å²) in [6, 6.07) is 9.64. The normalized spacial score (nSPS) is 14.3. The van der Waals surface area contributed by atoms with Crippen molar-refractivity contribution in [2.24, 2.45) is 0 Å². The summed E-state index contributed by atoms with van der Waals surface area (Å²) in [4.78, 5) is 13.6. The molecule has 0 radical (unpaired) electrons. The first-order valence-corrected chi connectivity index (χ1v) is 8.26. The van der Waals surface area contributed by atoms with Crippen LogP contribution in [0.5, 0.6) is 0 Å². The van der Waals surface area contributed by atoms with Crippen LogP contribution in [0.4, 0.5) is 5.69 Å². The maximum absolute atomic E-state index is 12.5. The van der Waals surface area contributed by atoms with E-state index in [1.54, 1.807) is 0 Å². The quantitative estimate of drug-likeness (QED) is 0.838. The summed E-state index contributed by atoms with van der Waals surface area (Å²) in [7, 11) is 0. The van der Waals surface area contributed by atoms with Gasteiger partial charge >= 0.3 is 0 Å². The van der Waals surface area contributed by atoms with Crippen LogP contribution in [0.2, 0.25) is 4.34 Å². The average Bonchev–Trinajstić information content (AvgIpc) is 2.93. The number of nitrogens with one attached hydrogen (secondary N) is 2. The number of fused-ring (bicyclic) bond motifs is 1. The highest BCUT2D eigenvalue weighted by Crippen LogP contribution is 2.28. The molecule has 2 heterocycles. The van der Waals surface area contributed by atoms with Crippen LogP contribution in [-0.2, 0) is 6.42 Å². The average molecular weight is 357 g/mol. The molecule has 2 N–H and O–H groups in total. The van der Waals surface area contributed by atoms with Crippen molar-refractivity contribution in [2.45, 2.75) is 25.8 Å². The summed E-state index contributed by atoms with van der Waals surface area (Å²) < 4.78 is 0.743. The lowest BCUT2D eigenvalue weighted by Gasteiger charge is -2.21. The molecule has 3 nitrogen and oxygen atoms in total. The van der Waals surface area contributed by atoms with E-state index in [2.05, 4.69) is 10.6 Å². The highest BCUT2D eigenvalue weighted by molar-refractivity contribution is 7.16. The molecule has 0 aliphatic carbocycles. The van der Waals surface area contributed by atoms with Crippen LogP contribution in [0, 0.1) is 0 Å². The predicted octanol–water partition coefficient (Wildman–Crippen LogP) is 4.67. The van der Waals surface area contributed by atoms with Gasteiger partial charge in [-0.1, -0.05) is 17.7 Å². The molecule has 0 spiro atoms. The van der Waals surface area contributed by atoms with E-state index in [0.717, 1.165) is 45.4 Å². The number of hydrogen-bond donors (Lipinski definition) is 2. The molecule has 6 heteroatoms. The minimum Gasteiger partial charge on any atom is -0.385 e.